The zero-order chi connectivity index (χ0) is 16.9. The molecule has 1 aromatic heterocycles. The Kier molecular flexibility index (Phi) is 3.38. The molecule has 4 heteroatoms. The first-order valence-corrected chi connectivity index (χ1v) is 8.40. The summed E-state index contributed by atoms with van der Waals surface area (Å²) in [5, 5.41) is 1.19. The Hall–Kier alpha value is -2.04. The topological polar surface area (TPSA) is 34.2 Å². The van der Waals surface area contributed by atoms with E-state index in [1.54, 1.807) is 0 Å². The van der Waals surface area contributed by atoms with Gasteiger partial charge >= 0.3 is 7.12 Å². The number of aromatic amines is 1. The molecule has 2 aromatic carbocycles. The summed E-state index contributed by atoms with van der Waals surface area (Å²) in [6.07, 6.45) is 2.06. The first-order chi connectivity index (χ1) is 11.4. The molecule has 4 rings (SSSR count). The molecule has 24 heavy (non-hydrogen) atoms. The molecule has 0 aliphatic carbocycles. The standard InChI is InChI=1S/C20H22BNO2/c1-19(2)20(3,4)24-21(23-19)17-12-8-11-15-16(13-22-18(15)17)14-9-6-5-7-10-14/h5-13,22H,1-4H3. The number of H-pyrrole nitrogens is 1. The first kappa shape index (κ1) is 15.5. The van der Waals surface area contributed by atoms with E-state index in [2.05, 4.69) is 81.3 Å². The molecule has 0 saturated carbocycles. The van der Waals surface area contributed by atoms with E-state index >= 15 is 0 Å². The number of aromatic nitrogens is 1. The maximum atomic E-state index is 6.23. The minimum atomic E-state index is -0.360. The Labute approximate surface area is 143 Å². The number of rotatable bonds is 2. The maximum Gasteiger partial charge on any atom is 0.497 e. The summed E-state index contributed by atoms with van der Waals surface area (Å²) in [5.74, 6) is 0. The molecule has 0 unspecified atom stereocenters. The highest BCUT2D eigenvalue weighted by Crippen LogP contribution is 2.37. The number of para-hydroxylation sites is 1. The average Bonchev–Trinajstić information content (AvgIpc) is 3.06. The summed E-state index contributed by atoms with van der Waals surface area (Å²) in [7, 11) is -0.360. The predicted molar refractivity (Wildman–Crippen MR) is 99.5 cm³/mol. The minimum Gasteiger partial charge on any atom is -0.399 e. The lowest BCUT2D eigenvalue weighted by Crippen LogP contribution is -2.41. The minimum absolute atomic E-state index is 0.339. The van der Waals surface area contributed by atoms with Gasteiger partial charge in [0.25, 0.3) is 0 Å². The van der Waals surface area contributed by atoms with Gasteiger partial charge in [-0.05, 0) is 33.3 Å². The predicted octanol–water partition coefficient (Wildman–Crippen LogP) is 4.13. The SMILES string of the molecule is CC1(C)OB(c2cccc3c(-c4ccccc4)c[nH]c23)OC1(C)C. The van der Waals surface area contributed by atoms with Crippen molar-refractivity contribution in [2.45, 2.75) is 38.9 Å². The summed E-state index contributed by atoms with van der Waals surface area (Å²) >= 11 is 0. The number of benzene rings is 2. The second-order valence-electron chi connectivity index (χ2n) is 7.43. The van der Waals surface area contributed by atoms with Gasteiger partial charge in [0.15, 0.2) is 0 Å². The van der Waals surface area contributed by atoms with Crippen molar-refractivity contribution in [3.05, 3.63) is 54.7 Å². The summed E-state index contributed by atoms with van der Waals surface area (Å²) in [6.45, 7) is 8.32. The van der Waals surface area contributed by atoms with Crippen LogP contribution in [0.1, 0.15) is 27.7 Å². The third-order valence-corrected chi connectivity index (χ3v) is 5.34. The van der Waals surface area contributed by atoms with Crippen LogP contribution >= 0.6 is 0 Å². The summed E-state index contributed by atoms with van der Waals surface area (Å²) in [5.41, 5.74) is 3.85. The number of nitrogens with one attached hydrogen (secondary N) is 1. The normalized spacial score (nSPS) is 19.1. The van der Waals surface area contributed by atoms with Crippen LogP contribution in [0.2, 0.25) is 0 Å². The first-order valence-electron chi connectivity index (χ1n) is 8.40. The second kappa shape index (κ2) is 5.23. The fourth-order valence-corrected chi connectivity index (χ4v) is 3.20. The van der Waals surface area contributed by atoms with Crippen molar-refractivity contribution in [2.24, 2.45) is 0 Å². The van der Waals surface area contributed by atoms with Gasteiger partial charge in [0.1, 0.15) is 0 Å². The van der Waals surface area contributed by atoms with E-state index in [4.69, 9.17) is 9.31 Å². The van der Waals surface area contributed by atoms with Gasteiger partial charge in [-0.2, -0.15) is 0 Å². The van der Waals surface area contributed by atoms with Crippen LogP contribution in [0.3, 0.4) is 0 Å². The lowest BCUT2D eigenvalue weighted by Gasteiger charge is -2.32. The zero-order valence-corrected chi connectivity index (χ0v) is 14.6. The van der Waals surface area contributed by atoms with Crippen LogP contribution in [0.15, 0.2) is 54.7 Å². The lowest BCUT2D eigenvalue weighted by molar-refractivity contribution is 0.00578. The van der Waals surface area contributed by atoms with E-state index in [9.17, 15) is 0 Å². The Balaban J connectivity index is 1.81. The maximum absolute atomic E-state index is 6.23. The molecule has 3 nitrogen and oxygen atoms in total. The Morgan fingerprint density at radius 2 is 1.50 bits per heavy atom. The molecule has 1 aliphatic heterocycles. The van der Waals surface area contributed by atoms with Gasteiger partial charge in [0.05, 0.1) is 11.2 Å². The Morgan fingerprint density at radius 1 is 0.833 bits per heavy atom. The molecule has 1 aliphatic rings. The van der Waals surface area contributed by atoms with Gasteiger partial charge in [-0.1, -0.05) is 48.5 Å². The quantitative estimate of drug-likeness (QED) is 0.721. The molecule has 0 spiro atoms. The van der Waals surface area contributed by atoms with E-state index in [1.165, 1.54) is 16.5 Å². The average molecular weight is 319 g/mol. The van der Waals surface area contributed by atoms with Gasteiger partial charge in [-0.25, -0.2) is 0 Å². The van der Waals surface area contributed by atoms with Crippen molar-refractivity contribution < 1.29 is 9.31 Å². The highest BCUT2D eigenvalue weighted by atomic mass is 16.7. The van der Waals surface area contributed by atoms with Crippen molar-refractivity contribution in [3.63, 3.8) is 0 Å². The number of hydrogen-bond donors (Lipinski definition) is 1. The lowest BCUT2D eigenvalue weighted by atomic mass is 9.77. The number of hydrogen-bond acceptors (Lipinski definition) is 2. The van der Waals surface area contributed by atoms with Crippen LogP contribution in [-0.2, 0) is 9.31 Å². The fraction of sp³-hybridized carbons (Fsp3) is 0.300. The van der Waals surface area contributed by atoms with Gasteiger partial charge in [0, 0.05) is 28.1 Å². The molecule has 122 valence electrons. The molecule has 1 saturated heterocycles. The monoisotopic (exact) mass is 319 g/mol. The van der Waals surface area contributed by atoms with Gasteiger partial charge in [0.2, 0.25) is 0 Å². The van der Waals surface area contributed by atoms with E-state index in [1.807, 2.05) is 6.07 Å². The van der Waals surface area contributed by atoms with E-state index < -0.39 is 0 Å². The summed E-state index contributed by atoms with van der Waals surface area (Å²) in [4.78, 5) is 3.43. The Bertz CT molecular complexity index is 867. The Morgan fingerprint density at radius 3 is 2.17 bits per heavy atom. The highest BCUT2D eigenvalue weighted by Gasteiger charge is 2.52. The second-order valence-corrected chi connectivity index (χ2v) is 7.43. The molecule has 0 atom stereocenters. The van der Waals surface area contributed by atoms with E-state index in [0.29, 0.717) is 0 Å². The molecule has 0 amide bonds. The van der Waals surface area contributed by atoms with Gasteiger partial charge in [-0.15, -0.1) is 0 Å². The third-order valence-electron chi connectivity index (χ3n) is 5.34. The van der Waals surface area contributed by atoms with Crippen molar-refractivity contribution in [1.82, 2.24) is 4.98 Å². The van der Waals surface area contributed by atoms with E-state index in [-0.39, 0.29) is 18.3 Å². The van der Waals surface area contributed by atoms with Crippen molar-refractivity contribution in [2.75, 3.05) is 0 Å². The van der Waals surface area contributed by atoms with Crippen LogP contribution in [-0.4, -0.2) is 23.3 Å². The molecule has 3 aromatic rings. The molecule has 1 N–H and O–H groups in total. The van der Waals surface area contributed by atoms with Crippen LogP contribution in [0.4, 0.5) is 0 Å². The van der Waals surface area contributed by atoms with E-state index in [0.717, 1.165) is 11.0 Å². The molecular formula is C20H22BNO2. The highest BCUT2D eigenvalue weighted by molar-refractivity contribution is 6.65. The van der Waals surface area contributed by atoms with Gasteiger partial charge in [-0.3, -0.25) is 0 Å². The molecule has 0 bridgehead atoms. The van der Waals surface area contributed by atoms with Crippen LogP contribution in [0.25, 0.3) is 22.0 Å². The van der Waals surface area contributed by atoms with Crippen molar-refractivity contribution >= 4 is 23.5 Å². The number of fused-ring (bicyclic) bond motifs is 1. The fourth-order valence-electron chi connectivity index (χ4n) is 3.20. The smallest absolute Gasteiger partial charge is 0.399 e. The van der Waals surface area contributed by atoms with Crippen LogP contribution in [0, 0.1) is 0 Å². The molecule has 1 fully saturated rings. The summed E-state index contributed by atoms with van der Waals surface area (Å²) < 4.78 is 12.5. The zero-order valence-electron chi connectivity index (χ0n) is 14.6. The molecular weight excluding hydrogens is 297 g/mol. The third kappa shape index (κ3) is 2.29. The van der Waals surface area contributed by atoms with Crippen LogP contribution < -0.4 is 5.46 Å². The summed E-state index contributed by atoms with van der Waals surface area (Å²) in [6, 6.07) is 16.7. The van der Waals surface area contributed by atoms with Gasteiger partial charge < -0.3 is 14.3 Å². The largest absolute Gasteiger partial charge is 0.497 e. The molecule has 0 radical (unpaired) electrons. The molecule has 2 heterocycles. The van der Waals surface area contributed by atoms with Crippen LogP contribution in [0.5, 0.6) is 0 Å². The van der Waals surface area contributed by atoms with Crippen molar-refractivity contribution in [3.8, 4) is 11.1 Å². The van der Waals surface area contributed by atoms with Crippen molar-refractivity contribution in [1.29, 1.82) is 0 Å².